The smallest absolute Gasteiger partial charge is 0.267 e. The molecule has 3 aromatic carbocycles. The van der Waals surface area contributed by atoms with Gasteiger partial charge in [-0.3, -0.25) is 14.5 Å². The molecule has 4 aromatic rings. The molecular weight excluding hydrogens is 424 g/mol. The van der Waals surface area contributed by atoms with E-state index < -0.39 is 0 Å². The Morgan fingerprint density at radius 2 is 1.53 bits per heavy atom. The molecule has 0 atom stereocenters. The molecule has 0 spiro atoms. The maximum atomic E-state index is 12.9. The molecule has 6 nitrogen and oxygen atoms in total. The Bertz CT molecular complexity index is 1340. The highest BCUT2D eigenvalue weighted by Gasteiger charge is 2.21. The van der Waals surface area contributed by atoms with Crippen molar-refractivity contribution in [1.29, 1.82) is 0 Å². The van der Waals surface area contributed by atoms with Crippen LogP contribution >= 0.6 is 0 Å². The average Bonchev–Trinajstić information content (AvgIpc) is 2.89. The zero-order valence-corrected chi connectivity index (χ0v) is 19.1. The number of aromatic nitrogens is 2. The van der Waals surface area contributed by atoms with Crippen molar-refractivity contribution in [3.8, 4) is 11.3 Å². The predicted molar refractivity (Wildman–Crippen MR) is 135 cm³/mol. The molecule has 1 aromatic heterocycles. The topological polar surface area (TPSA) is 58.4 Å². The Morgan fingerprint density at radius 1 is 0.794 bits per heavy atom. The average molecular weight is 453 g/mol. The van der Waals surface area contributed by atoms with Crippen LogP contribution < -0.4 is 5.56 Å². The second kappa shape index (κ2) is 10.0. The molecule has 0 N–H and O–H groups in total. The number of nitrogens with zero attached hydrogens (tertiary/aromatic N) is 4. The number of rotatable bonds is 6. The van der Waals surface area contributed by atoms with E-state index in [1.807, 2.05) is 35.2 Å². The minimum absolute atomic E-state index is 0.0374. The van der Waals surface area contributed by atoms with Crippen molar-refractivity contribution in [2.45, 2.75) is 13.0 Å². The lowest BCUT2D eigenvalue weighted by molar-refractivity contribution is -0.133. The van der Waals surface area contributed by atoms with E-state index in [1.54, 1.807) is 6.07 Å². The summed E-state index contributed by atoms with van der Waals surface area (Å²) in [5, 5.41) is 6.77. The zero-order valence-electron chi connectivity index (χ0n) is 19.1. The molecule has 172 valence electrons. The number of fused-ring (bicyclic) bond motifs is 1. The van der Waals surface area contributed by atoms with Gasteiger partial charge in [-0.05, 0) is 34.9 Å². The van der Waals surface area contributed by atoms with Crippen molar-refractivity contribution in [2.24, 2.45) is 0 Å². The molecular formula is C28H28N4O2. The first kappa shape index (κ1) is 22.0. The molecule has 0 radical (unpaired) electrons. The van der Waals surface area contributed by atoms with E-state index in [9.17, 15) is 9.59 Å². The Hall–Kier alpha value is -3.77. The Morgan fingerprint density at radius 3 is 2.32 bits per heavy atom. The summed E-state index contributed by atoms with van der Waals surface area (Å²) < 4.78 is 1.29. The van der Waals surface area contributed by atoms with E-state index in [0.29, 0.717) is 18.8 Å². The van der Waals surface area contributed by atoms with Gasteiger partial charge in [-0.1, -0.05) is 66.7 Å². The molecule has 2 heterocycles. The number of hydrogen-bond donors (Lipinski definition) is 0. The minimum Gasteiger partial charge on any atom is -0.339 e. The van der Waals surface area contributed by atoms with Crippen LogP contribution in [0.15, 0.2) is 89.7 Å². The normalized spacial score (nSPS) is 14.4. The number of hydrogen-bond acceptors (Lipinski definition) is 4. The second-order valence-corrected chi connectivity index (χ2v) is 8.73. The number of carbonyl (C=O) groups excluding carboxylic acids is 1. The van der Waals surface area contributed by atoms with Gasteiger partial charge in [-0.2, -0.15) is 5.10 Å². The van der Waals surface area contributed by atoms with Gasteiger partial charge in [0.1, 0.15) is 6.54 Å². The SMILES string of the molecule is O=C(Cn1nc(-c2ccc3ccccc3c2)ccc1=O)N1CCN(CCc2ccccc2)CC1. The first-order chi connectivity index (χ1) is 16.7. The highest BCUT2D eigenvalue weighted by atomic mass is 16.2. The van der Waals surface area contributed by atoms with E-state index in [2.05, 4.69) is 52.5 Å². The molecule has 1 aliphatic rings. The van der Waals surface area contributed by atoms with Gasteiger partial charge in [0.15, 0.2) is 0 Å². The maximum Gasteiger partial charge on any atom is 0.267 e. The van der Waals surface area contributed by atoms with Crippen molar-refractivity contribution in [1.82, 2.24) is 19.6 Å². The molecule has 0 unspecified atom stereocenters. The molecule has 0 bridgehead atoms. The van der Waals surface area contributed by atoms with Gasteiger partial charge >= 0.3 is 0 Å². The summed E-state index contributed by atoms with van der Waals surface area (Å²) in [5.41, 5.74) is 2.67. The summed E-state index contributed by atoms with van der Waals surface area (Å²) in [6, 6.07) is 27.9. The third-order valence-electron chi connectivity index (χ3n) is 6.48. The van der Waals surface area contributed by atoms with Crippen molar-refractivity contribution in [2.75, 3.05) is 32.7 Å². The lowest BCUT2D eigenvalue weighted by atomic mass is 10.1. The predicted octanol–water partition coefficient (Wildman–Crippen LogP) is 3.45. The summed E-state index contributed by atoms with van der Waals surface area (Å²) >= 11 is 0. The molecule has 0 saturated carbocycles. The Labute approximate surface area is 199 Å². The van der Waals surface area contributed by atoms with E-state index >= 15 is 0 Å². The van der Waals surface area contributed by atoms with Crippen LogP contribution in [0.4, 0.5) is 0 Å². The standard InChI is InChI=1S/C28H28N4O2/c33-27-13-12-26(25-11-10-23-8-4-5-9-24(23)20-25)29-32(27)21-28(34)31-18-16-30(17-19-31)15-14-22-6-2-1-3-7-22/h1-13,20H,14-19,21H2. The van der Waals surface area contributed by atoms with Crippen LogP contribution in [0.25, 0.3) is 22.0 Å². The van der Waals surface area contributed by atoms with Gasteiger partial charge in [0, 0.05) is 44.4 Å². The molecule has 6 heteroatoms. The van der Waals surface area contributed by atoms with Gasteiger partial charge in [-0.25, -0.2) is 4.68 Å². The van der Waals surface area contributed by atoms with Crippen molar-refractivity contribution in [3.63, 3.8) is 0 Å². The van der Waals surface area contributed by atoms with Gasteiger partial charge < -0.3 is 4.90 Å². The molecule has 5 rings (SSSR count). The largest absolute Gasteiger partial charge is 0.339 e. The number of piperazine rings is 1. The van der Waals surface area contributed by atoms with Gasteiger partial charge in [0.2, 0.25) is 5.91 Å². The van der Waals surface area contributed by atoms with Crippen LogP contribution in [0.2, 0.25) is 0 Å². The molecule has 0 aliphatic carbocycles. The van der Waals surface area contributed by atoms with Crippen molar-refractivity contribution >= 4 is 16.7 Å². The van der Waals surface area contributed by atoms with Crippen LogP contribution in [-0.2, 0) is 17.8 Å². The van der Waals surface area contributed by atoms with E-state index in [1.165, 1.54) is 16.3 Å². The Balaban J connectivity index is 1.21. The van der Waals surface area contributed by atoms with E-state index in [4.69, 9.17) is 0 Å². The summed E-state index contributed by atoms with van der Waals surface area (Å²) in [6.45, 7) is 3.99. The zero-order chi connectivity index (χ0) is 23.3. The lowest BCUT2D eigenvalue weighted by Crippen LogP contribution is -2.50. The minimum atomic E-state index is -0.264. The fraction of sp³-hybridized carbons (Fsp3) is 0.250. The fourth-order valence-corrected chi connectivity index (χ4v) is 4.45. The quantitative estimate of drug-likeness (QED) is 0.450. The van der Waals surface area contributed by atoms with Crippen LogP contribution in [0.3, 0.4) is 0 Å². The molecule has 34 heavy (non-hydrogen) atoms. The second-order valence-electron chi connectivity index (χ2n) is 8.73. The number of amides is 1. The first-order valence-corrected chi connectivity index (χ1v) is 11.8. The Kier molecular flexibility index (Phi) is 6.49. The number of benzene rings is 3. The molecule has 1 fully saturated rings. The summed E-state index contributed by atoms with van der Waals surface area (Å²) in [5.74, 6) is -0.0621. The molecule has 1 aliphatic heterocycles. The highest BCUT2D eigenvalue weighted by molar-refractivity contribution is 5.86. The molecule has 1 amide bonds. The van der Waals surface area contributed by atoms with Crippen molar-refractivity contribution in [3.05, 3.63) is 101 Å². The van der Waals surface area contributed by atoms with Crippen LogP contribution in [-0.4, -0.2) is 58.2 Å². The fourth-order valence-electron chi connectivity index (χ4n) is 4.45. The number of carbonyl (C=O) groups is 1. The van der Waals surface area contributed by atoms with Crippen LogP contribution in [0, 0.1) is 0 Å². The van der Waals surface area contributed by atoms with Gasteiger partial charge in [0.25, 0.3) is 5.56 Å². The summed E-state index contributed by atoms with van der Waals surface area (Å²) in [7, 11) is 0. The maximum absolute atomic E-state index is 12.9. The summed E-state index contributed by atoms with van der Waals surface area (Å²) in [4.78, 5) is 29.6. The third-order valence-corrected chi connectivity index (χ3v) is 6.48. The van der Waals surface area contributed by atoms with Gasteiger partial charge in [0.05, 0.1) is 5.69 Å². The third kappa shape index (κ3) is 5.07. The lowest BCUT2D eigenvalue weighted by Gasteiger charge is -2.34. The summed E-state index contributed by atoms with van der Waals surface area (Å²) in [6.07, 6.45) is 1.01. The molecule has 1 saturated heterocycles. The first-order valence-electron chi connectivity index (χ1n) is 11.8. The highest BCUT2D eigenvalue weighted by Crippen LogP contribution is 2.22. The van der Waals surface area contributed by atoms with Gasteiger partial charge in [-0.15, -0.1) is 0 Å². The van der Waals surface area contributed by atoms with E-state index in [-0.39, 0.29) is 18.0 Å². The van der Waals surface area contributed by atoms with Crippen LogP contribution in [0.5, 0.6) is 0 Å². The van der Waals surface area contributed by atoms with Crippen molar-refractivity contribution < 1.29 is 4.79 Å². The van der Waals surface area contributed by atoms with E-state index in [0.717, 1.165) is 42.4 Å². The van der Waals surface area contributed by atoms with Crippen LogP contribution in [0.1, 0.15) is 5.56 Å². The monoisotopic (exact) mass is 452 g/mol.